The first-order valence-electron chi connectivity index (χ1n) is 7.23. The van der Waals surface area contributed by atoms with Gasteiger partial charge in [0.15, 0.2) is 0 Å². The number of rotatable bonds is 3. The summed E-state index contributed by atoms with van der Waals surface area (Å²) in [5, 5.41) is 9.39. The fourth-order valence-corrected chi connectivity index (χ4v) is 4.51. The highest BCUT2D eigenvalue weighted by Crippen LogP contribution is 2.35. The lowest BCUT2D eigenvalue weighted by atomic mass is 10.0. The van der Waals surface area contributed by atoms with Gasteiger partial charge in [-0.1, -0.05) is 11.6 Å². The minimum atomic E-state index is -0.997. The molecule has 128 valence electrons. The van der Waals surface area contributed by atoms with E-state index in [2.05, 4.69) is 15.9 Å². The molecule has 0 aliphatic carbocycles. The van der Waals surface area contributed by atoms with Crippen molar-refractivity contribution >= 4 is 50.9 Å². The number of carboxylic acids is 1. The number of carbonyl (C=O) groups is 2. The first-order valence-corrected chi connectivity index (χ1v) is 9.21. The van der Waals surface area contributed by atoms with Gasteiger partial charge in [-0.3, -0.25) is 4.90 Å². The molecule has 2 heterocycles. The van der Waals surface area contributed by atoms with Gasteiger partial charge >= 0.3 is 12.1 Å². The third kappa shape index (κ3) is 4.84. The molecule has 5 nitrogen and oxygen atoms in total. The van der Waals surface area contributed by atoms with Gasteiger partial charge in [-0.2, -0.15) is 0 Å². The molecule has 0 saturated carbocycles. The lowest BCUT2D eigenvalue weighted by molar-refractivity contribution is -0.142. The predicted octanol–water partition coefficient (Wildman–Crippen LogP) is 4.42. The number of hydrogen-bond acceptors (Lipinski definition) is 4. The molecule has 0 radical (unpaired) electrons. The van der Waals surface area contributed by atoms with Gasteiger partial charge in [0.05, 0.1) is 0 Å². The van der Waals surface area contributed by atoms with Crippen LogP contribution in [0.25, 0.3) is 0 Å². The second-order valence-electron chi connectivity index (χ2n) is 6.63. The van der Waals surface area contributed by atoms with E-state index in [1.54, 1.807) is 20.8 Å². The maximum Gasteiger partial charge on any atom is 0.411 e. The Kier molecular flexibility index (Phi) is 5.63. The molecule has 2 rings (SSSR count). The van der Waals surface area contributed by atoms with Crippen molar-refractivity contribution in [1.29, 1.82) is 0 Å². The molecule has 8 heteroatoms. The first-order chi connectivity index (χ1) is 10.6. The molecule has 1 aromatic rings. The quantitative estimate of drug-likeness (QED) is 0.780. The normalized spacial score (nSPS) is 21.5. The van der Waals surface area contributed by atoms with Crippen molar-refractivity contribution in [1.82, 2.24) is 4.90 Å². The van der Waals surface area contributed by atoms with Crippen molar-refractivity contribution in [3.63, 3.8) is 0 Å². The van der Waals surface area contributed by atoms with Gasteiger partial charge in [0.2, 0.25) is 0 Å². The molecule has 0 aromatic carbocycles. The van der Waals surface area contributed by atoms with E-state index in [-0.39, 0.29) is 5.92 Å². The lowest BCUT2D eigenvalue weighted by Gasteiger charge is -2.26. The van der Waals surface area contributed by atoms with Crippen LogP contribution in [0.5, 0.6) is 0 Å². The molecule has 1 aromatic heterocycles. The highest BCUT2D eigenvalue weighted by molar-refractivity contribution is 9.10. The van der Waals surface area contributed by atoms with Gasteiger partial charge in [0.25, 0.3) is 0 Å². The van der Waals surface area contributed by atoms with Crippen molar-refractivity contribution in [2.75, 3.05) is 6.54 Å². The zero-order chi connectivity index (χ0) is 17.4. The van der Waals surface area contributed by atoms with Crippen molar-refractivity contribution in [2.45, 2.75) is 45.3 Å². The maximum absolute atomic E-state index is 12.2. The summed E-state index contributed by atoms with van der Waals surface area (Å²) in [4.78, 5) is 26.1. The molecular weight excluding hydrogens is 406 g/mol. The second-order valence-corrected chi connectivity index (χ2v) is 9.22. The van der Waals surface area contributed by atoms with Crippen LogP contribution in [-0.2, 0) is 16.0 Å². The molecule has 1 aliphatic rings. The Hall–Kier alpha value is -0.790. The van der Waals surface area contributed by atoms with Gasteiger partial charge in [-0.15, -0.1) is 11.3 Å². The molecule has 1 N–H and O–H groups in total. The van der Waals surface area contributed by atoms with E-state index in [4.69, 9.17) is 16.3 Å². The average Bonchev–Trinajstić information content (AvgIpc) is 2.92. The Balaban J connectivity index is 2.08. The van der Waals surface area contributed by atoms with Gasteiger partial charge < -0.3 is 9.84 Å². The largest absolute Gasteiger partial charge is 0.480 e. The number of halogens is 2. The maximum atomic E-state index is 12.2. The van der Waals surface area contributed by atoms with Crippen LogP contribution in [0.1, 0.15) is 32.1 Å². The fraction of sp³-hybridized carbons (Fsp3) is 0.600. The lowest BCUT2D eigenvalue weighted by Crippen LogP contribution is -2.43. The Bertz CT molecular complexity index is 594. The molecule has 2 unspecified atom stereocenters. The fourth-order valence-electron chi connectivity index (χ4n) is 2.60. The number of nitrogens with zero attached hydrogens (tertiary/aromatic N) is 1. The summed E-state index contributed by atoms with van der Waals surface area (Å²) in [5.74, 6) is -0.922. The van der Waals surface area contributed by atoms with E-state index in [0.29, 0.717) is 23.7 Å². The number of ether oxygens (including phenoxy) is 1. The summed E-state index contributed by atoms with van der Waals surface area (Å²) in [6.45, 7) is 5.66. The van der Waals surface area contributed by atoms with Crippen LogP contribution >= 0.6 is 38.9 Å². The van der Waals surface area contributed by atoms with Crippen LogP contribution in [0.3, 0.4) is 0 Å². The van der Waals surface area contributed by atoms with Crippen molar-refractivity contribution < 1.29 is 19.4 Å². The molecule has 1 fully saturated rings. The van der Waals surface area contributed by atoms with E-state index < -0.39 is 23.7 Å². The Morgan fingerprint density at radius 2 is 2.17 bits per heavy atom. The minimum absolute atomic E-state index is 0.0743. The molecule has 2 atom stereocenters. The van der Waals surface area contributed by atoms with Crippen LogP contribution in [0.15, 0.2) is 10.5 Å². The summed E-state index contributed by atoms with van der Waals surface area (Å²) in [6.07, 6.45) is 0.540. The molecule has 23 heavy (non-hydrogen) atoms. The zero-order valence-corrected chi connectivity index (χ0v) is 16.3. The summed E-state index contributed by atoms with van der Waals surface area (Å²) >= 11 is 10.9. The minimum Gasteiger partial charge on any atom is -0.480 e. The van der Waals surface area contributed by atoms with Gasteiger partial charge in [-0.25, -0.2) is 9.59 Å². The number of carboxylic acid groups (broad SMARTS) is 1. The van der Waals surface area contributed by atoms with Crippen LogP contribution in [0.4, 0.5) is 4.79 Å². The molecule has 1 aliphatic heterocycles. The third-order valence-corrected chi connectivity index (χ3v) is 5.98. The number of amides is 1. The van der Waals surface area contributed by atoms with Crippen LogP contribution in [0.2, 0.25) is 4.34 Å². The smallest absolute Gasteiger partial charge is 0.411 e. The first kappa shape index (κ1) is 18.5. The summed E-state index contributed by atoms with van der Waals surface area (Å²) in [5.41, 5.74) is -0.648. The zero-order valence-electron chi connectivity index (χ0n) is 13.1. The van der Waals surface area contributed by atoms with Crippen molar-refractivity contribution in [2.24, 2.45) is 5.92 Å². The highest BCUT2D eigenvalue weighted by Gasteiger charge is 2.41. The third-order valence-electron chi connectivity index (χ3n) is 3.49. The summed E-state index contributed by atoms with van der Waals surface area (Å²) in [6, 6.07) is 1.10. The monoisotopic (exact) mass is 423 g/mol. The molecule has 0 spiro atoms. The SMILES string of the molecule is CC(C)(C)OC(=O)N1CC(Cc2cc(Br)c(Cl)s2)CC1C(=O)O. The van der Waals surface area contributed by atoms with E-state index in [0.717, 1.165) is 9.35 Å². The average molecular weight is 425 g/mol. The number of carbonyl (C=O) groups excluding carboxylic acids is 1. The van der Waals surface area contributed by atoms with Gasteiger partial charge in [-0.05, 0) is 61.5 Å². The van der Waals surface area contributed by atoms with Gasteiger partial charge in [0.1, 0.15) is 16.0 Å². The number of aliphatic carboxylic acids is 1. The van der Waals surface area contributed by atoms with Crippen LogP contribution in [0, 0.1) is 5.92 Å². The van der Waals surface area contributed by atoms with E-state index >= 15 is 0 Å². The Labute approximate surface area is 152 Å². The van der Waals surface area contributed by atoms with E-state index in [9.17, 15) is 14.7 Å². The molecule has 1 amide bonds. The van der Waals surface area contributed by atoms with Gasteiger partial charge in [0, 0.05) is 15.9 Å². The van der Waals surface area contributed by atoms with Crippen molar-refractivity contribution in [3.05, 3.63) is 19.8 Å². The highest BCUT2D eigenvalue weighted by atomic mass is 79.9. The summed E-state index contributed by atoms with van der Waals surface area (Å²) < 4.78 is 6.84. The molecule has 0 bridgehead atoms. The Morgan fingerprint density at radius 1 is 1.52 bits per heavy atom. The summed E-state index contributed by atoms with van der Waals surface area (Å²) in [7, 11) is 0. The van der Waals surface area contributed by atoms with Crippen LogP contribution in [-0.4, -0.2) is 40.3 Å². The Morgan fingerprint density at radius 3 is 2.65 bits per heavy atom. The topological polar surface area (TPSA) is 66.8 Å². The predicted molar refractivity (Wildman–Crippen MR) is 93.2 cm³/mol. The molecular formula is C15H19BrClNO4S. The van der Waals surface area contributed by atoms with E-state index in [1.807, 2.05) is 6.07 Å². The van der Waals surface area contributed by atoms with E-state index in [1.165, 1.54) is 16.2 Å². The second kappa shape index (κ2) is 6.99. The number of hydrogen-bond donors (Lipinski definition) is 1. The standard InChI is InChI=1S/C15H19BrClNO4S/c1-15(2,3)22-14(21)18-7-8(5-11(18)13(19)20)4-9-6-10(16)12(17)23-9/h6,8,11H,4-5,7H2,1-3H3,(H,19,20). The van der Waals surface area contributed by atoms with Crippen molar-refractivity contribution in [3.8, 4) is 0 Å². The molecule has 1 saturated heterocycles. The number of thiophene rings is 1. The van der Waals surface area contributed by atoms with Crippen LogP contribution < -0.4 is 0 Å². The number of likely N-dealkylation sites (tertiary alicyclic amines) is 1.